The predicted molar refractivity (Wildman–Crippen MR) is 43.8 cm³/mol. The van der Waals surface area contributed by atoms with Crippen molar-refractivity contribution < 1.29 is 29.2 Å². The average molecular weight is 232 g/mol. The summed E-state index contributed by atoms with van der Waals surface area (Å²) >= 11 is 0. The van der Waals surface area contributed by atoms with E-state index in [1.54, 1.807) is 0 Å². The van der Waals surface area contributed by atoms with Crippen LogP contribution < -0.4 is 0 Å². The molecule has 1 atom stereocenters. The molecule has 15 heavy (non-hydrogen) atoms. The lowest BCUT2D eigenvalue weighted by Gasteiger charge is -2.50. The van der Waals surface area contributed by atoms with Crippen molar-refractivity contribution in [2.45, 2.75) is 0 Å². The van der Waals surface area contributed by atoms with Crippen molar-refractivity contribution in [1.82, 2.24) is 9.57 Å². The van der Waals surface area contributed by atoms with Crippen LogP contribution in [0, 0.1) is 5.41 Å². The third kappa shape index (κ3) is 0.785. The highest BCUT2D eigenvalue weighted by atomic mass is 31.1. The van der Waals surface area contributed by atoms with Gasteiger partial charge in [-0.3, -0.25) is 24.1 Å². The van der Waals surface area contributed by atoms with Crippen molar-refractivity contribution in [3.05, 3.63) is 0 Å². The van der Waals surface area contributed by atoms with E-state index in [2.05, 4.69) is 0 Å². The van der Waals surface area contributed by atoms with Crippen LogP contribution in [0.4, 0.5) is 0 Å². The van der Waals surface area contributed by atoms with E-state index in [1.165, 1.54) is 0 Å². The Hall–Kier alpha value is -1.37. The molecule has 2 heterocycles. The van der Waals surface area contributed by atoms with Gasteiger partial charge in [0.25, 0.3) is 29.0 Å². The smallest absolute Gasteiger partial charge is 0.285 e. The van der Waals surface area contributed by atoms with Crippen LogP contribution in [-0.2, 0) is 19.2 Å². The molecule has 1 unspecified atom stereocenters. The molecule has 0 aliphatic carbocycles. The quantitative estimate of drug-likeness (QED) is 0.301. The van der Waals surface area contributed by atoms with Gasteiger partial charge in [0, 0.05) is 0 Å². The summed E-state index contributed by atoms with van der Waals surface area (Å²) in [7, 11) is -1.10. The first-order valence-corrected chi connectivity index (χ1v) is 4.69. The Morgan fingerprint density at radius 3 is 1.87 bits per heavy atom. The number of hydrogen-bond acceptors (Lipinski definition) is 6. The first-order valence-electron chi connectivity index (χ1n) is 3.79. The zero-order valence-corrected chi connectivity index (χ0v) is 8.13. The summed E-state index contributed by atoms with van der Waals surface area (Å²) in [4.78, 5) is 54.2. The Labute approximate surface area is 84.4 Å². The monoisotopic (exact) mass is 232 g/mol. The van der Waals surface area contributed by atoms with Crippen LogP contribution in [0.25, 0.3) is 0 Å². The van der Waals surface area contributed by atoms with Crippen LogP contribution in [0.5, 0.6) is 0 Å². The van der Waals surface area contributed by atoms with Gasteiger partial charge in [-0.2, -0.15) is 0 Å². The Morgan fingerprint density at radius 2 is 1.53 bits per heavy atom. The van der Waals surface area contributed by atoms with Gasteiger partial charge in [-0.25, -0.2) is 4.67 Å². The zero-order chi connectivity index (χ0) is 11.4. The second kappa shape index (κ2) is 2.82. The van der Waals surface area contributed by atoms with E-state index in [1.807, 2.05) is 0 Å². The second-order valence-corrected chi connectivity index (χ2v) is 3.62. The predicted octanol–water partition coefficient (Wildman–Crippen LogP) is -2.84. The maximum absolute atomic E-state index is 11.3. The van der Waals surface area contributed by atoms with E-state index in [4.69, 9.17) is 10.00 Å². The zero-order valence-electron chi connectivity index (χ0n) is 7.13. The van der Waals surface area contributed by atoms with Gasteiger partial charge in [-0.1, -0.05) is 0 Å². The fourth-order valence-corrected chi connectivity index (χ4v) is 2.10. The number of carbonyl (C=O) groups excluding carboxylic acids is 4. The molecule has 0 aromatic rings. The lowest BCUT2D eigenvalue weighted by molar-refractivity contribution is -0.197. The van der Waals surface area contributed by atoms with Crippen LogP contribution in [0.3, 0.4) is 0 Å². The number of β-lactam (4-membered cyclic amide) rings is 4. The molecule has 0 radical (unpaired) electrons. The molecule has 0 saturated carbocycles. The number of likely N-dealkylation sites (tertiary alicyclic amines) is 1. The highest BCUT2D eigenvalue weighted by molar-refractivity contribution is 7.31. The number of aliphatic hydroxyl groups is 1. The van der Waals surface area contributed by atoms with Gasteiger partial charge in [0.05, 0.1) is 0 Å². The highest BCUT2D eigenvalue weighted by Crippen LogP contribution is 2.47. The van der Waals surface area contributed by atoms with Crippen LogP contribution in [0.2, 0.25) is 0 Å². The lowest BCUT2D eigenvalue weighted by atomic mass is 9.70. The fraction of sp³-hybridized carbons (Fsp3) is 0.333. The molecule has 2 rings (SSSR count). The van der Waals surface area contributed by atoms with Gasteiger partial charge < -0.3 is 10.00 Å². The standard InChI is InChI=1S/C6H5N2O6P/c9-1-7-2(10)6(3(7)11)4(12)8(15-14)5(6)13/h9,14-15H,1H2. The summed E-state index contributed by atoms with van der Waals surface area (Å²) in [5.41, 5.74) is -2.29. The number of nitrogens with zero attached hydrogens (tertiary/aromatic N) is 2. The van der Waals surface area contributed by atoms with Crippen molar-refractivity contribution >= 4 is 32.6 Å². The van der Waals surface area contributed by atoms with E-state index < -0.39 is 44.7 Å². The topological polar surface area (TPSA) is 115 Å². The fourth-order valence-electron chi connectivity index (χ4n) is 1.59. The molecule has 80 valence electrons. The Morgan fingerprint density at radius 1 is 1.07 bits per heavy atom. The number of amides is 4. The van der Waals surface area contributed by atoms with Crippen molar-refractivity contribution in [3.63, 3.8) is 0 Å². The van der Waals surface area contributed by atoms with Gasteiger partial charge in [0.2, 0.25) is 0 Å². The van der Waals surface area contributed by atoms with Gasteiger partial charge >= 0.3 is 0 Å². The van der Waals surface area contributed by atoms with E-state index in [0.29, 0.717) is 9.57 Å². The van der Waals surface area contributed by atoms with E-state index >= 15 is 0 Å². The SMILES string of the molecule is O=C1N(CO)C(=O)C12C(=O)N(PO)C2=O. The molecule has 8 nitrogen and oxygen atoms in total. The lowest BCUT2D eigenvalue weighted by Crippen LogP contribution is -2.82. The minimum Gasteiger partial charge on any atom is -0.376 e. The molecule has 0 bridgehead atoms. The molecule has 2 fully saturated rings. The molecule has 9 heteroatoms. The minimum absolute atomic E-state index is 0.396. The molecule has 0 aromatic heterocycles. The molecular formula is C6H5N2O6P. The van der Waals surface area contributed by atoms with Crippen LogP contribution >= 0.6 is 8.96 Å². The molecule has 2 aliphatic heterocycles. The number of carbonyl (C=O) groups is 4. The minimum atomic E-state index is -2.29. The van der Waals surface area contributed by atoms with Crippen molar-refractivity contribution in [1.29, 1.82) is 0 Å². The first kappa shape index (κ1) is 10.2. The van der Waals surface area contributed by atoms with Gasteiger partial charge in [-0.05, 0) is 0 Å². The molecule has 1 spiro atoms. The second-order valence-electron chi connectivity index (χ2n) is 2.98. The van der Waals surface area contributed by atoms with E-state index in [0.717, 1.165) is 0 Å². The summed E-state index contributed by atoms with van der Waals surface area (Å²) in [5.74, 6) is -4.10. The molecule has 4 amide bonds. The van der Waals surface area contributed by atoms with Crippen molar-refractivity contribution in [2.24, 2.45) is 5.41 Å². The molecule has 2 N–H and O–H groups in total. The maximum atomic E-state index is 11.3. The number of aliphatic hydroxyl groups excluding tert-OH is 1. The van der Waals surface area contributed by atoms with Crippen LogP contribution in [0.1, 0.15) is 0 Å². The van der Waals surface area contributed by atoms with Crippen LogP contribution in [-0.4, -0.2) is 49.9 Å². The summed E-state index contributed by atoms with van der Waals surface area (Å²) in [5, 5.41) is 8.57. The van der Waals surface area contributed by atoms with Crippen molar-refractivity contribution in [3.8, 4) is 0 Å². The third-order valence-electron chi connectivity index (χ3n) is 2.42. The summed E-state index contributed by atoms with van der Waals surface area (Å²) in [6.45, 7) is -0.860. The van der Waals surface area contributed by atoms with Gasteiger partial charge in [-0.15, -0.1) is 0 Å². The molecule has 2 aliphatic rings. The van der Waals surface area contributed by atoms with Gasteiger partial charge in [0.15, 0.2) is 0 Å². The Bertz CT molecular complexity index is 333. The van der Waals surface area contributed by atoms with Gasteiger partial charge in [0.1, 0.15) is 15.7 Å². The average Bonchev–Trinajstić information content (AvgIpc) is 2.20. The highest BCUT2D eigenvalue weighted by Gasteiger charge is 2.80. The maximum Gasteiger partial charge on any atom is 0.285 e. The van der Waals surface area contributed by atoms with Crippen molar-refractivity contribution in [2.75, 3.05) is 6.73 Å². The largest absolute Gasteiger partial charge is 0.376 e. The normalized spacial score (nSPS) is 24.1. The van der Waals surface area contributed by atoms with E-state index in [-0.39, 0.29) is 0 Å². The summed E-state index contributed by atoms with van der Waals surface area (Å²) in [6, 6.07) is 0. The van der Waals surface area contributed by atoms with Crippen LogP contribution in [0.15, 0.2) is 0 Å². The molecular weight excluding hydrogens is 227 g/mol. The van der Waals surface area contributed by atoms with E-state index in [9.17, 15) is 19.2 Å². The molecule has 2 saturated heterocycles. The summed E-state index contributed by atoms with van der Waals surface area (Å²) in [6.07, 6.45) is 0. The Balaban J connectivity index is 2.34. The third-order valence-corrected chi connectivity index (χ3v) is 3.03. The first-order chi connectivity index (χ1) is 7.03. The molecule has 0 aromatic carbocycles. The summed E-state index contributed by atoms with van der Waals surface area (Å²) < 4.78 is 0.421. The number of imide groups is 2. The Kier molecular flexibility index (Phi) is 1.91. The number of rotatable bonds is 2. The number of hydrogen-bond donors (Lipinski definition) is 2.